The van der Waals surface area contributed by atoms with E-state index in [4.69, 9.17) is 0 Å². The molecule has 0 spiro atoms. The number of halogens is 1. The maximum Gasteiger partial charge on any atom is 0.234 e. The average molecular weight is 350 g/mol. The van der Waals surface area contributed by atoms with Crippen LogP contribution in [0.1, 0.15) is 26.3 Å². The van der Waals surface area contributed by atoms with Crippen molar-refractivity contribution in [3.63, 3.8) is 0 Å². The van der Waals surface area contributed by atoms with Gasteiger partial charge in [0, 0.05) is 28.1 Å². The zero-order chi connectivity index (χ0) is 15.5. The number of hydrogen-bond acceptors (Lipinski definition) is 3. The lowest BCUT2D eigenvalue weighted by molar-refractivity contribution is -0.121. The van der Waals surface area contributed by atoms with Crippen LogP contribution in [0.25, 0.3) is 10.9 Å². The van der Waals surface area contributed by atoms with Gasteiger partial charge in [0.15, 0.2) is 0 Å². The molecular weight excluding hydrogens is 330 g/mol. The highest BCUT2D eigenvalue weighted by Gasteiger charge is 2.13. The fraction of sp³-hybridized carbons (Fsp3) is 0.375. The molecule has 1 aromatic carbocycles. The summed E-state index contributed by atoms with van der Waals surface area (Å²) < 4.78 is 1.03. The summed E-state index contributed by atoms with van der Waals surface area (Å²) in [6.45, 7) is 6.81. The van der Waals surface area contributed by atoms with Crippen LogP contribution < -0.4 is 10.6 Å². The van der Waals surface area contributed by atoms with Gasteiger partial charge in [-0.1, -0.05) is 28.1 Å². The number of benzene rings is 1. The van der Waals surface area contributed by atoms with Gasteiger partial charge in [-0.3, -0.25) is 9.78 Å². The Bertz CT molecular complexity index is 650. The van der Waals surface area contributed by atoms with Crippen LogP contribution in [0.3, 0.4) is 0 Å². The first-order chi connectivity index (χ1) is 9.87. The van der Waals surface area contributed by atoms with E-state index in [0.717, 1.165) is 20.9 Å². The molecule has 0 fully saturated rings. The van der Waals surface area contributed by atoms with Crippen LogP contribution in [0.5, 0.6) is 0 Å². The topological polar surface area (TPSA) is 54.0 Å². The van der Waals surface area contributed by atoms with Crippen LogP contribution in [0, 0.1) is 0 Å². The molecule has 21 heavy (non-hydrogen) atoms. The van der Waals surface area contributed by atoms with Gasteiger partial charge >= 0.3 is 0 Å². The van der Waals surface area contributed by atoms with Crippen molar-refractivity contribution in [1.29, 1.82) is 0 Å². The van der Waals surface area contributed by atoms with Crippen LogP contribution in [-0.2, 0) is 11.3 Å². The Hall–Kier alpha value is -1.46. The molecule has 2 rings (SSSR count). The molecule has 2 N–H and O–H groups in total. The van der Waals surface area contributed by atoms with E-state index >= 15 is 0 Å². The number of amides is 1. The van der Waals surface area contributed by atoms with Gasteiger partial charge in [-0.2, -0.15) is 0 Å². The molecule has 0 aliphatic rings. The van der Waals surface area contributed by atoms with E-state index in [2.05, 4.69) is 31.5 Å². The zero-order valence-corrected chi connectivity index (χ0v) is 14.1. The Morgan fingerprint density at radius 3 is 2.76 bits per heavy atom. The van der Waals surface area contributed by atoms with Gasteiger partial charge in [0.05, 0.1) is 12.1 Å². The van der Waals surface area contributed by atoms with Crippen molar-refractivity contribution in [2.75, 3.05) is 6.54 Å². The smallest absolute Gasteiger partial charge is 0.234 e. The number of nitrogens with zero attached hydrogens (tertiary/aromatic N) is 1. The van der Waals surface area contributed by atoms with E-state index in [1.165, 1.54) is 0 Å². The second-order valence-corrected chi connectivity index (χ2v) is 6.86. The predicted molar refractivity (Wildman–Crippen MR) is 89.0 cm³/mol. The molecule has 5 heteroatoms. The zero-order valence-electron chi connectivity index (χ0n) is 12.5. The number of aromatic nitrogens is 1. The number of nitrogens with one attached hydrogen (secondary N) is 2. The molecule has 0 aliphatic heterocycles. The minimum atomic E-state index is -0.204. The van der Waals surface area contributed by atoms with Crippen molar-refractivity contribution in [3.8, 4) is 0 Å². The Balaban J connectivity index is 2.02. The number of pyridine rings is 1. The Morgan fingerprint density at radius 1 is 1.29 bits per heavy atom. The summed E-state index contributed by atoms with van der Waals surface area (Å²) in [6, 6.07) is 7.98. The summed E-state index contributed by atoms with van der Waals surface area (Å²) in [4.78, 5) is 16.2. The summed E-state index contributed by atoms with van der Waals surface area (Å²) in [7, 11) is 0. The molecule has 0 aliphatic carbocycles. The molecule has 2 aromatic rings. The number of carbonyl (C=O) groups is 1. The minimum absolute atomic E-state index is 0.00289. The molecule has 0 atom stereocenters. The first-order valence-corrected chi connectivity index (χ1v) is 7.70. The van der Waals surface area contributed by atoms with Crippen molar-refractivity contribution in [2.24, 2.45) is 0 Å². The summed E-state index contributed by atoms with van der Waals surface area (Å²) in [5.74, 6) is -0.00289. The van der Waals surface area contributed by atoms with Crippen molar-refractivity contribution in [1.82, 2.24) is 15.6 Å². The largest absolute Gasteiger partial charge is 0.350 e. The van der Waals surface area contributed by atoms with Crippen LogP contribution in [-0.4, -0.2) is 23.0 Å². The monoisotopic (exact) mass is 349 g/mol. The molecule has 0 saturated heterocycles. The number of carbonyl (C=O) groups excluding carboxylic acids is 1. The van der Waals surface area contributed by atoms with E-state index in [-0.39, 0.29) is 11.4 Å². The summed E-state index contributed by atoms with van der Waals surface area (Å²) in [5.41, 5.74) is 1.83. The normalized spacial score (nSPS) is 11.6. The van der Waals surface area contributed by atoms with Gasteiger partial charge in [0.25, 0.3) is 0 Å². The number of hydrogen-bond donors (Lipinski definition) is 2. The molecule has 1 heterocycles. The van der Waals surface area contributed by atoms with Gasteiger partial charge in [-0.25, -0.2) is 0 Å². The van der Waals surface area contributed by atoms with Crippen LogP contribution in [0.2, 0.25) is 0 Å². The van der Waals surface area contributed by atoms with Crippen molar-refractivity contribution >= 4 is 32.7 Å². The van der Waals surface area contributed by atoms with Gasteiger partial charge in [0.1, 0.15) is 0 Å². The third kappa shape index (κ3) is 4.51. The van der Waals surface area contributed by atoms with E-state index in [9.17, 15) is 4.79 Å². The van der Waals surface area contributed by atoms with Gasteiger partial charge in [-0.05, 0) is 38.5 Å². The van der Waals surface area contributed by atoms with E-state index < -0.39 is 0 Å². The Morgan fingerprint density at radius 2 is 2.05 bits per heavy atom. The first kappa shape index (κ1) is 15.9. The minimum Gasteiger partial charge on any atom is -0.350 e. The Kier molecular flexibility index (Phi) is 4.96. The third-order valence-electron chi connectivity index (χ3n) is 2.92. The standard InChI is InChI=1S/C16H20BrN3O/c1-16(2,3)20-14(21)10-18-9-11-6-7-13(17)12-5-4-8-19-15(11)12/h4-8,18H,9-10H2,1-3H3,(H,20,21). The van der Waals surface area contributed by atoms with Crippen molar-refractivity contribution in [2.45, 2.75) is 32.9 Å². The molecule has 1 amide bonds. The SMILES string of the molecule is CC(C)(C)NC(=O)CNCc1ccc(Br)c2cccnc12. The lowest BCUT2D eigenvalue weighted by atomic mass is 10.1. The molecule has 4 nitrogen and oxygen atoms in total. The van der Waals surface area contributed by atoms with Crippen LogP contribution >= 0.6 is 15.9 Å². The quantitative estimate of drug-likeness (QED) is 0.891. The van der Waals surface area contributed by atoms with Crippen molar-refractivity contribution < 1.29 is 4.79 Å². The van der Waals surface area contributed by atoms with Crippen LogP contribution in [0.15, 0.2) is 34.9 Å². The first-order valence-electron chi connectivity index (χ1n) is 6.91. The van der Waals surface area contributed by atoms with Gasteiger partial charge < -0.3 is 10.6 Å². The fourth-order valence-corrected chi connectivity index (χ4v) is 2.56. The van der Waals surface area contributed by atoms with E-state index in [1.54, 1.807) is 6.20 Å². The number of fused-ring (bicyclic) bond motifs is 1. The second kappa shape index (κ2) is 6.54. The summed E-state index contributed by atoms with van der Waals surface area (Å²) >= 11 is 3.53. The molecule has 0 radical (unpaired) electrons. The van der Waals surface area contributed by atoms with Crippen LogP contribution in [0.4, 0.5) is 0 Å². The van der Waals surface area contributed by atoms with Gasteiger partial charge in [-0.15, -0.1) is 0 Å². The van der Waals surface area contributed by atoms with Crippen molar-refractivity contribution in [3.05, 3.63) is 40.5 Å². The maximum absolute atomic E-state index is 11.8. The fourth-order valence-electron chi connectivity index (χ4n) is 2.11. The van der Waals surface area contributed by atoms with E-state index in [1.807, 2.05) is 45.0 Å². The molecular formula is C16H20BrN3O. The Labute approximate surface area is 133 Å². The third-order valence-corrected chi connectivity index (χ3v) is 3.61. The molecule has 1 aromatic heterocycles. The number of rotatable bonds is 4. The molecule has 0 bridgehead atoms. The lowest BCUT2D eigenvalue weighted by Crippen LogP contribution is -2.44. The molecule has 0 saturated carbocycles. The second-order valence-electron chi connectivity index (χ2n) is 6.01. The summed E-state index contributed by atoms with van der Waals surface area (Å²) in [6.07, 6.45) is 1.78. The predicted octanol–water partition coefficient (Wildman–Crippen LogP) is 3.00. The lowest BCUT2D eigenvalue weighted by Gasteiger charge is -2.20. The average Bonchev–Trinajstić information content (AvgIpc) is 2.40. The summed E-state index contributed by atoms with van der Waals surface area (Å²) in [5, 5.41) is 7.17. The highest BCUT2D eigenvalue weighted by molar-refractivity contribution is 9.10. The highest BCUT2D eigenvalue weighted by atomic mass is 79.9. The maximum atomic E-state index is 11.8. The molecule has 112 valence electrons. The van der Waals surface area contributed by atoms with E-state index in [0.29, 0.717) is 13.1 Å². The molecule has 0 unspecified atom stereocenters. The highest BCUT2D eigenvalue weighted by Crippen LogP contribution is 2.24. The van der Waals surface area contributed by atoms with Gasteiger partial charge in [0.2, 0.25) is 5.91 Å².